The second-order valence-corrected chi connectivity index (χ2v) is 10.7. The number of anilines is 1. The number of aromatic nitrogens is 1. The number of nitrogens with one attached hydrogen (secondary N) is 1. The average Bonchev–Trinajstić information content (AvgIpc) is 2.92. The lowest BCUT2D eigenvalue weighted by Crippen LogP contribution is -2.56. The van der Waals surface area contributed by atoms with Gasteiger partial charge < -0.3 is 20.2 Å². The topological polar surface area (TPSA) is 89.0 Å². The van der Waals surface area contributed by atoms with Crippen LogP contribution in [0.3, 0.4) is 0 Å². The van der Waals surface area contributed by atoms with E-state index in [1.807, 2.05) is 12.1 Å². The van der Waals surface area contributed by atoms with Gasteiger partial charge in [0.05, 0.1) is 17.2 Å². The van der Waals surface area contributed by atoms with Gasteiger partial charge in [0.2, 0.25) is 5.91 Å². The van der Waals surface area contributed by atoms with Crippen LogP contribution in [0, 0.1) is 0 Å². The molecule has 2 aromatic rings. The van der Waals surface area contributed by atoms with Gasteiger partial charge in [0.15, 0.2) is 0 Å². The Morgan fingerprint density at radius 3 is 2.38 bits per heavy atom. The zero-order chi connectivity index (χ0) is 27.7. The summed E-state index contributed by atoms with van der Waals surface area (Å²) in [5.41, 5.74) is 0.947. The van der Waals surface area contributed by atoms with E-state index in [-0.39, 0.29) is 36.9 Å². The number of halogens is 3. The standard InChI is InChI=1S/C28H34F3N5O3/c1-18(37)34-11-7-21(8-12-34)33-26-14-22(23(15-32-26)28(29,30)31)27(39)36-13-9-24(25(38)17-36)35-10-6-19-4-2-3-5-20(19)16-35/h2-5,14-15,21,24-25,38H,6-13,16-17H2,1H3,(H,32,33)/t24-,25-/m0/s1. The molecule has 1 aromatic carbocycles. The lowest BCUT2D eigenvalue weighted by Gasteiger charge is -2.43. The van der Waals surface area contributed by atoms with Gasteiger partial charge in [0.25, 0.3) is 5.91 Å². The molecule has 0 unspecified atom stereocenters. The summed E-state index contributed by atoms with van der Waals surface area (Å²) in [4.78, 5) is 34.2. The molecule has 8 nitrogen and oxygen atoms in total. The molecule has 0 bridgehead atoms. The molecule has 1 aromatic heterocycles. The minimum atomic E-state index is -4.75. The number of hydrogen-bond donors (Lipinski definition) is 2. The third kappa shape index (κ3) is 6.04. The SMILES string of the molecule is CC(=O)N1CCC(Nc2cc(C(=O)N3CC[C@H](N4CCc5ccccc5C4)[C@@H](O)C3)c(C(F)(F)F)cn2)CC1. The van der Waals surface area contributed by atoms with Crippen molar-refractivity contribution < 1.29 is 27.9 Å². The Hall–Kier alpha value is -3.18. The van der Waals surface area contributed by atoms with Crippen LogP contribution in [0.15, 0.2) is 36.5 Å². The van der Waals surface area contributed by atoms with E-state index in [1.165, 1.54) is 29.0 Å². The number of alkyl halides is 3. The number of nitrogens with zero attached hydrogens (tertiary/aromatic N) is 4. The van der Waals surface area contributed by atoms with E-state index >= 15 is 0 Å². The predicted octanol–water partition coefficient (Wildman–Crippen LogP) is 3.16. The number of aliphatic hydroxyl groups is 1. The highest BCUT2D eigenvalue weighted by molar-refractivity contribution is 5.96. The first kappa shape index (κ1) is 27.4. The molecule has 2 N–H and O–H groups in total. The van der Waals surface area contributed by atoms with Crippen molar-refractivity contribution in [1.29, 1.82) is 0 Å². The minimum Gasteiger partial charge on any atom is -0.390 e. The van der Waals surface area contributed by atoms with E-state index < -0.39 is 29.3 Å². The molecule has 2 amide bonds. The van der Waals surface area contributed by atoms with Crippen molar-refractivity contribution in [2.24, 2.45) is 0 Å². The summed E-state index contributed by atoms with van der Waals surface area (Å²) in [5.74, 6) is -0.583. The number of hydrogen-bond acceptors (Lipinski definition) is 6. The lowest BCUT2D eigenvalue weighted by atomic mass is 9.93. The maximum Gasteiger partial charge on any atom is 0.418 e. The number of β-amino-alcohol motifs (C(OH)–C–C–N with tert-alkyl or cyclic N) is 1. The molecule has 0 radical (unpaired) electrons. The molecule has 0 spiro atoms. The Kier molecular flexibility index (Phi) is 7.82. The van der Waals surface area contributed by atoms with Crippen molar-refractivity contribution in [2.75, 3.05) is 38.0 Å². The summed E-state index contributed by atoms with van der Waals surface area (Å²) in [6.07, 6.45) is -2.30. The molecule has 11 heteroatoms. The molecule has 210 valence electrons. The third-order valence-electron chi connectivity index (χ3n) is 8.19. The lowest BCUT2D eigenvalue weighted by molar-refractivity contribution is -0.138. The number of carbonyl (C=O) groups is 2. The fourth-order valence-electron chi connectivity index (χ4n) is 5.99. The fraction of sp³-hybridized carbons (Fsp3) is 0.536. The van der Waals surface area contributed by atoms with Crippen LogP contribution in [-0.2, 0) is 23.9 Å². The quantitative estimate of drug-likeness (QED) is 0.614. The van der Waals surface area contributed by atoms with Gasteiger partial charge in [-0.1, -0.05) is 24.3 Å². The first-order chi connectivity index (χ1) is 18.6. The summed E-state index contributed by atoms with van der Waals surface area (Å²) in [6.45, 7) is 4.32. The van der Waals surface area contributed by atoms with Gasteiger partial charge in [-0.15, -0.1) is 0 Å². The maximum atomic E-state index is 13.9. The number of likely N-dealkylation sites (tertiary alicyclic amines) is 2. The largest absolute Gasteiger partial charge is 0.418 e. The molecule has 3 aliphatic rings. The Balaban J connectivity index is 1.28. The number of benzene rings is 1. The molecule has 5 rings (SSSR count). The van der Waals surface area contributed by atoms with Crippen LogP contribution in [0.25, 0.3) is 0 Å². The number of piperidine rings is 2. The first-order valence-electron chi connectivity index (χ1n) is 13.5. The predicted molar refractivity (Wildman–Crippen MR) is 139 cm³/mol. The van der Waals surface area contributed by atoms with Crippen molar-refractivity contribution in [3.05, 3.63) is 58.8 Å². The van der Waals surface area contributed by atoms with Crippen molar-refractivity contribution in [2.45, 2.75) is 63.5 Å². The summed E-state index contributed by atoms with van der Waals surface area (Å²) >= 11 is 0. The van der Waals surface area contributed by atoms with Gasteiger partial charge in [-0.25, -0.2) is 4.98 Å². The number of aliphatic hydroxyl groups excluding tert-OH is 1. The second kappa shape index (κ2) is 11.1. The zero-order valence-electron chi connectivity index (χ0n) is 22.0. The van der Waals surface area contributed by atoms with Crippen molar-refractivity contribution in [3.8, 4) is 0 Å². The summed E-state index contributed by atoms with van der Waals surface area (Å²) in [5, 5.41) is 14.1. The summed E-state index contributed by atoms with van der Waals surface area (Å²) < 4.78 is 41.6. The van der Waals surface area contributed by atoms with Gasteiger partial charge in [-0.05, 0) is 42.9 Å². The van der Waals surface area contributed by atoms with Crippen molar-refractivity contribution in [3.63, 3.8) is 0 Å². The maximum absolute atomic E-state index is 13.9. The van der Waals surface area contributed by atoms with Crippen LogP contribution in [0.4, 0.5) is 19.0 Å². The van der Waals surface area contributed by atoms with E-state index in [4.69, 9.17) is 0 Å². The van der Waals surface area contributed by atoms with Gasteiger partial charge in [0, 0.05) is 64.5 Å². The van der Waals surface area contributed by atoms with Gasteiger partial charge in [-0.3, -0.25) is 14.5 Å². The van der Waals surface area contributed by atoms with E-state index in [0.29, 0.717) is 45.1 Å². The number of rotatable bonds is 4. The van der Waals surface area contributed by atoms with Crippen LogP contribution >= 0.6 is 0 Å². The molecule has 2 atom stereocenters. The van der Waals surface area contributed by atoms with Crippen molar-refractivity contribution in [1.82, 2.24) is 19.7 Å². The zero-order valence-corrected chi connectivity index (χ0v) is 22.0. The number of fused-ring (bicyclic) bond motifs is 1. The van der Waals surface area contributed by atoms with Crippen LogP contribution in [0.1, 0.15) is 53.2 Å². The molecule has 2 fully saturated rings. The van der Waals surface area contributed by atoms with Gasteiger partial charge in [-0.2, -0.15) is 13.2 Å². The van der Waals surface area contributed by atoms with Gasteiger partial charge >= 0.3 is 6.18 Å². The highest BCUT2D eigenvalue weighted by atomic mass is 19.4. The van der Waals surface area contributed by atoms with Crippen LogP contribution in [0.5, 0.6) is 0 Å². The molecule has 2 saturated heterocycles. The Bertz CT molecular complexity index is 1220. The summed E-state index contributed by atoms with van der Waals surface area (Å²) in [6, 6.07) is 9.12. The van der Waals surface area contributed by atoms with Crippen LogP contribution in [-0.4, -0.2) is 87.5 Å². The van der Waals surface area contributed by atoms with Crippen LogP contribution < -0.4 is 5.32 Å². The van der Waals surface area contributed by atoms with E-state index in [0.717, 1.165) is 13.0 Å². The minimum absolute atomic E-state index is 0.00921. The Labute approximate surface area is 225 Å². The molecule has 3 aliphatic heterocycles. The first-order valence-corrected chi connectivity index (χ1v) is 13.5. The molecular weight excluding hydrogens is 511 g/mol. The second-order valence-electron chi connectivity index (χ2n) is 10.7. The highest BCUT2D eigenvalue weighted by Gasteiger charge is 2.40. The highest BCUT2D eigenvalue weighted by Crippen LogP contribution is 2.34. The average molecular weight is 546 g/mol. The number of amides is 2. The number of pyridine rings is 1. The van der Waals surface area contributed by atoms with Gasteiger partial charge in [0.1, 0.15) is 5.82 Å². The smallest absolute Gasteiger partial charge is 0.390 e. The molecule has 4 heterocycles. The van der Waals surface area contributed by atoms with E-state index in [2.05, 4.69) is 27.3 Å². The monoisotopic (exact) mass is 545 g/mol. The number of carbonyl (C=O) groups excluding carboxylic acids is 2. The molecule has 0 saturated carbocycles. The van der Waals surface area contributed by atoms with E-state index in [9.17, 15) is 27.9 Å². The molecule has 0 aliphatic carbocycles. The Morgan fingerprint density at radius 2 is 1.72 bits per heavy atom. The third-order valence-corrected chi connectivity index (χ3v) is 8.19. The van der Waals surface area contributed by atoms with E-state index in [1.54, 1.807) is 4.90 Å². The normalized spacial score (nSPS) is 22.9. The molecular formula is C28H34F3N5O3. The Morgan fingerprint density at radius 1 is 1.03 bits per heavy atom. The summed E-state index contributed by atoms with van der Waals surface area (Å²) in [7, 11) is 0. The fourth-order valence-corrected chi connectivity index (χ4v) is 5.99. The van der Waals surface area contributed by atoms with Crippen LogP contribution in [0.2, 0.25) is 0 Å². The molecule has 39 heavy (non-hydrogen) atoms. The van der Waals surface area contributed by atoms with Crippen molar-refractivity contribution >= 4 is 17.6 Å².